The Bertz CT molecular complexity index is 1470. The minimum Gasteiger partial charge on any atom is -0.493 e. The standard InChI is InChI=1S/C29H28ClN5O2/c1-35(2)17-19-7-5-6-8-21(19)23-14-27(30)31-16-24-22(23)11-9-18-15-32-29(34-28(18)24)33-20-10-12-25(36-3)26(13-20)37-4/h5-8,10-16H,9,17H2,1-4H3,(H,32,33,34). The number of rotatable bonds is 7. The highest BCUT2D eigenvalue weighted by atomic mass is 35.5. The van der Waals surface area contributed by atoms with Gasteiger partial charge in [0.1, 0.15) is 5.17 Å². The molecular formula is C29H28ClN5O2. The number of nitrogens with zero attached hydrogens (tertiary/aromatic N) is 4. The highest BCUT2D eigenvalue weighted by Crippen LogP contribution is 2.41. The highest BCUT2D eigenvalue weighted by Gasteiger charge is 2.26. The lowest BCUT2D eigenvalue weighted by molar-refractivity contribution is 0.355. The van der Waals surface area contributed by atoms with E-state index in [2.05, 4.69) is 64.6 Å². The van der Waals surface area contributed by atoms with E-state index in [1.54, 1.807) is 20.4 Å². The molecule has 1 N–H and O–H groups in total. The third kappa shape index (κ3) is 5.14. The van der Waals surface area contributed by atoms with Crippen molar-refractivity contribution in [1.82, 2.24) is 14.9 Å². The summed E-state index contributed by atoms with van der Waals surface area (Å²) in [6.45, 7) is 0.812. The number of methoxy groups -OCH3 is 2. The van der Waals surface area contributed by atoms with Crippen molar-refractivity contribution in [2.45, 2.75) is 13.0 Å². The number of ether oxygens (including phenoxy) is 2. The molecule has 2 heterocycles. The summed E-state index contributed by atoms with van der Waals surface area (Å²) in [6.07, 6.45) is 8.53. The van der Waals surface area contributed by atoms with E-state index in [9.17, 15) is 0 Å². The second kappa shape index (κ2) is 10.6. The second-order valence-electron chi connectivity index (χ2n) is 9.03. The van der Waals surface area contributed by atoms with Gasteiger partial charge in [-0.2, -0.15) is 0 Å². The van der Waals surface area contributed by atoms with Crippen molar-refractivity contribution in [3.05, 3.63) is 95.0 Å². The molecule has 8 heteroatoms. The molecule has 0 atom stereocenters. The van der Waals surface area contributed by atoms with E-state index in [-0.39, 0.29) is 0 Å². The van der Waals surface area contributed by atoms with Crippen LogP contribution in [-0.2, 0) is 13.0 Å². The van der Waals surface area contributed by atoms with Crippen LogP contribution in [0.3, 0.4) is 0 Å². The number of fused-ring (bicyclic) bond motifs is 3. The summed E-state index contributed by atoms with van der Waals surface area (Å²) >= 11 is 6.53. The maximum Gasteiger partial charge on any atom is 0.227 e. The smallest absolute Gasteiger partial charge is 0.227 e. The zero-order valence-electron chi connectivity index (χ0n) is 21.2. The molecule has 0 bridgehead atoms. The summed E-state index contributed by atoms with van der Waals surface area (Å²) in [5.74, 6) is 1.75. The molecule has 0 saturated carbocycles. The third-order valence-corrected chi connectivity index (χ3v) is 6.45. The number of allylic oxidation sites excluding steroid dienone is 5. The Morgan fingerprint density at radius 3 is 2.59 bits per heavy atom. The number of hydrogen-bond acceptors (Lipinski definition) is 7. The number of aliphatic imine (C=N–C) groups is 1. The average molecular weight is 514 g/mol. The molecule has 0 saturated heterocycles. The fourth-order valence-corrected chi connectivity index (χ4v) is 4.73. The Hall–Kier alpha value is -3.94. The molecule has 1 aliphatic heterocycles. The van der Waals surface area contributed by atoms with Crippen molar-refractivity contribution in [1.29, 1.82) is 0 Å². The van der Waals surface area contributed by atoms with Gasteiger partial charge in [-0.15, -0.1) is 0 Å². The largest absolute Gasteiger partial charge is 0.493 e. The predicted octanol–water partition coefficient (Wildman–Crippen LogP) is 5.86. The van der Waals surface area contributed by atoms with Gasteiger partial charge in [-0.1, -0.05) is 41.9 Å². The number of anilines is 2. The molecule has 2 aliphatic rings. The first-order chi connectivity index (χ1) is 18.0. The average Bonchev–Trinajstić information content (AvgIpc) is 3.07. The van der Waals surface area contributed by atoms with E-state index in [1.165, 1.54) is 5.56 Å². The Morgan fingerprint density at radius 2 is 1.81 bits per heavy atom. The maximum atomic E-state index is 6.53. The van der Waals surface area contributed by atoms with Crippen molar-refractivity contribution >= 4 is 39.6 Å². The van der Waals surface area contributed by atoms with Crippen LogP contribution >= 0.6 is 11.6 Å². The Balaban J connectivity index is 1.53. The molecule has 188 valence electrons. The first kappa shape index (κ1) is 24.7. The van der Waals surface area contributed by atoms with Gasteiger partial charge in [-0.3, -0.25) is 0 Å². The molecule has 5 rings (SSSR count). The lowest BCUT2D eigenvalue weighted by atomic mass is 9.83. The van der Waals surface area contributed by atoms with Crippen LogP contribution in [0.4, 0.5) is 11.6 Å². The van der Waals surface area contributed by atoms with Crippen LogP contribution in [0.25, 0.3) is 11.1 Å². The Kier molecular flexibility index (Phi) is 7.08. The lowest BCUT2D eigenvalue weighted by Crippen LogP contribution is -2.13. The summed E-state index contributed by atoms with van der Waals surface area (Å²) in [5.41, 5.74) is 8.02. The quantitative estimate of drug-likeness (QED) is 0.427. The van der Waals surface area contributed by atoms with E-state index >= 15 is 0 Å². The monoisotopic (exact) mass is 513 g/mol. The maximum absolute atomic E-state index is 6.53. The molecule has 37 heavy (non-hydrogen) atoms. The van der Waals surface area contributed by atoms with Gasteiger partial charge in [0.2, 0.25) is 5.95 Å². The lowest BCUT2D eigenvalue weighted by Gasteiger charge is -2.23. The van der Waals surface area contributed by atoms with Gasteiger partial charge in [0, 0.05) is 41.8 Å². The molecule has 0 fully saturated rings. The first-order valence-electron chi connectivity index (χ1n) is 11.9. The van der Waals surface area contributed by atoms with Crippen molar-refractivity contribution in [2.75, 3.05) is 33.6 Å². The van der Waals surface area contributed by atoms with Gasteiger partial charge >= 0.3 is 0 Å². The van der Waals surface area contributed by atoms with Gasteiger partial charge in [0.25, 0.3) is 0 Å². The van der Waals surface area contributed by atoms with E-state index in [1.807, 2.05) is 30.5 Å². The summed E-state index contributed by atoms with van der Waals surface area (Å²) < 4.78 is 10.8. The first-order valence-corrected chi connectivity index (χ1v) is 12.3. The highest BCUT2D eigenvalue weighted by molar-refractivity contribution is 6.69. The number of benzene rings is 2. The van der Waals surface area contributed by atoms with E-state index in [0.29, 0.717) is 29.0 Å². The number of nitrogens with one attached hydrogen (secondary N) is 1. The van der Waals surface area contributed by atoms with Crippen molar-refractivity contribution in [3.8, 4) is 11.5 Å². The van der Waals surface area contributed by atoms with Gasteiger partial charge in [0.15, 0.2) is 11.5 Å². The zero-order valence-corrected chi connectivity index (χ0v) is 22.0. The van der Waals surface area contributed by atoms with Gasteiger partial charge in [-0.05, 0) is 61.0 Å². The normalized spacial score (nSPS) is 14.4. The molecule has 0 unspecified atom stereocenters. The second-order valence-corrected chi connectivity index (χ2v) is 9.42. The predicted molar refractivity (Wildman–Crippen MR) is 150 cm³/mol. The van der Waals surface area contributed by atoms with Crippen LogP contribution in [0.2, 0.25) is 0 Å². The topological polar surface area (TPSA) is 71.9 Å². The Labute approximate surface area is 221 Å². The summed E-state index contributed by atoms with van der Waals surface area (Å²) in [5, 5.41) is 3.71. The van der Waals surface area contributed by atoms with Gasteiger partial charge in [0.05, 0.1) is 19.9 Å². The Morgan fingerprint density at radius 1 is 1.00 bits per heavy atom. The van der Waals surface area contributed by atoms with Crippen molar-refractivity contribution in [2.24, 2.45) is 4.99 Å². The van der Waals surface area contributed by atoms with Crippen LogP contribution in [0, 0.1) is 0 Å². The number of hydrogen-bond donors (Lipinski definition) is 1. The molecule has 1 aromatic heterocycles. The minimum absolute atomic E-state index is 0.428. The van der Waals surface area contributed by atoms with Crippen molar-refractivity contribution < 1.29 is 9.47 Å². The van der Waals surface area contributed by atoms with Crippen LogP contribution in [0.1, 0.15) is 22.4 Å². The van der Waals surface area contributed by atoms with Crippen LogP contribution in [-0.4, -0.2) is 48.4 Å². The van der Waals surface area contributed by atoms with E-state index in [4.69, 9.17) is 26.1 Å². The number of aromatic nitrogens is 2. The zero-order chi connectivity index (χ0) is 25.9. The summed E-state index contributed by atoms with van der Waals surface area (Å²) in [4.78, 5) is 16.1. The minimum atomic E-state index is 0.428. The van der Waals surface area contributed by atoms with E-state index in [0.717, 1.165) is 45.8 Å². The molecule has 1 aliphatic carbocycles. The van der Waals surface area contributed by atoms with Crippen molar-refractivity contribution in [3.63, 3.8) is 0 Å². The van der Waals surface area contributed by atoms with Crippen LogP contribution in [0.5, 0.6) is 11.5 Å². The number of halogens is 1. The fourth-order valence-electron chi connectivity index (χ4n) is 4.57. The molecule has 3 aromatic rings. The molecule has 0 radical (unpaired) electrons. The van der Waals surface area contributed by atoms with E-state index < -0.39 is 0 Å². The molecule has 7 nitrogen and oxygen atoms in total. The van der Waals surface area contributed by atoms with Gasteiger partial charge < -0.3 is 19.7 Å². The molecule has 0 spiro atoms. The van der Waals surface area contributed by atoms with Gasteiger partial charge in [-0.25, -0.2) is 15.0 Å². The third-order valence-electron chi connectivity index (χ3n) is 6.24. The van der Waals surface area contributed by atoms with Crippen LogP contribution in [0.15, 0.2) is 77.6 Å². The molecule has 0 amide bonds. The SMILES string of the molecule is COc1ccc(Nc2ncc3c(n2)C2=CN=C(Cl)C=C(c4ccccc4CN(C)C)C2=CC3)cc1OC. The summed E-state index contributed by atoms with van der Waals surface area (Å²) in [7, 11) is 7.35. The molecular weight excluding hydrogens is 486 g/mol. The summed E-state index contributed by atoms with van der Waals surface area (Å²) in [6, 6.07) is 14.0. The van der Waals surface area contributed by atoms with Crippen LogP contribution < -0.4 is 14.8 Å². The fraction of sp³-hybridized carbons (Fsp3) is 0.207. The molecule has 2 aromatic carbocycles.